The van der Waals surface area contributed by atoms with Gasteiger partial charge in [0.1, 0.15) is 5.82 Å². The van der Waals surface area contributed by atoms with Crippen molar-refractivity contribution < 1.29 is 18.4 Å². The quantitative estimate of drug-likeness (QED) is 0.753. The van der Waals surface area contributed by atoms with Crippen LogP contribution in [0.1, 0.15) is 57.3 Å². The standard InChI is InChI=1S/C24H30FN3O3/c25-19-8-6-17(7-9-19)21-16-26-23(31-21)11-10-22(29)27-20-12-14-28(15-13-20)24(30)18-4-2-1-3-5-18/h6-9,16,18,20H,1-5,10-15H2,(H,27,29). The van der Waals surface area contributed by atoms with Crippen LogP contribution in [-0.4, -0.2) is 40.8 Å². The number of aryl methyl sites for hydroxylation is 1. The molecule has 1 aliphatic heterocycles. The number of aromatic nitrogens is 1. The van der Waals surface area contributed by atoms with Crippen molar-refractivity contribution in [3.05, 3.63) is 42.2 Å². The molecule has 2 aromatic rings. The van der Waals surface area contributed by atoms with E-state index < -0.39 is 0 Å². The number of oxazole rings is 1. The summed E-state index contributed by atoms with van der Waals surface area (Å²) in [6.07, 6.45) is 9.54. The summed E-state index contributed by atoms with van der Waals surface area (Å²) in [5.41, 5.74) is 0.749. The van der Waals surface area contributed by atoms with E-state index in [2.05, 4.69) is 10.3 Å². The SMILES string of the molecule is O=C(CCc1ncc(-c2ccc(F)cc2)o1)NC1CCN(C(=O)C2CCCCC2)CC1. The topological polar surface area (TPSA) is 75.4 Å². The maximum Gasteiger partial charge on any atom is 0.225 e. The van der Waals surface area contributed by atoms with Crippen molar-refractivity contribution in [2.75, 3.05) is 13.1 Å². The second kappa shape index (κ2) is 10.1. The lowest BCUT2D eigenvalue weighted by Gasteiger charge is -2.35. The first kappa shape index (κ1) is 21.5. The summed E-state index contributed by atoms with van der Waals surface area (Å²) in [5.74, 6) is 1.24. The van der Waals surface area contributed by atoms with Gasteiger partial charge in [0.05, 0.1) is 6.20 Å². The number of piperidine rings is 1. The summed E-state index contributed by atoms with van der Waals surface area (Å²) in [6, 6.07) is 6.13. The Kier molecular flexibility index (Phi) is 6.99. The van der Waals surface area contributed by atoms with Gasteiger partial charge in [-0.1, -0.05) is 19.3 Å². The van der Waals surface area contributed by atoms with Crippen LogP contribution in [0.25, 0.3) is 11.3 Å². The molecule has 31 heavy (non-hydrogen) atoms. The van der Waals surface area contributed by atoms with Crippen LogP contribution >= 0.6 is 0 Å². The Bertz CT molecular complexity index is 882. The molecule has 1 N–H and O–H groups in total. The number of hydrogen-bond acceptors (Lipinski definition) is 4. The van der Waals surface area contributed by atoms with Crippen LogP contribution in [0.15, 0.2) is 34.9 Å². The first-order chi connectivity index (χ1) is 15.1. The van der Waals surface area contributed by atoms with Crippen molar-refractivity contribution in [3.8, 4) is 11.3 Å². The molecule has 4 rings (SSSR count). The highest BCUT2D eigenvalue weighted by atomic mass is 19.1. The number of rotatable bonds is 6. The van der Waals surface area contributed by atoms with Crippen LogP contribution in [-0.2, 0) is 16.0 Å². The minimum atomic E-state index is -0.302. The summed E-state index contributed by atoms with van der Waals surface area (Å²) in [7, 11) is 0. The smallest absolute Gasteiger partial charge is 0.225 e. The summed E-state index contributed by atoms with van der Waals surface area (Å²) < 4.78 is 18.7. The van der Waals surface area contributed by atoms with Gasteiger partial charge in [0, 0.05) is 43.5 Å². The second-order valence-electron chi connectivity index (χ2n) is 8.63. The average Bonchev–Trinajstić information content (AvgIpc) is 3.28. The molecule has 0 unspecified atom stereocenters. The van der Waals surface area contributed by atoms with E-state index in [1.54, 1.807) is 18.3 Å². The van der Waals surface area contributed by atoms with E-state index in [0.717, 1.165) is 44.3 Å². The van der Waals surface area contributed by atoms with Crippen LogP contribution in [0, 0.1) is 11.7 Å². The van der Waals surface area contributed by atoms with Crippen LogP contribution in [0.3, 0.4) is 0 Å². The third kappa shape index (κ3) is 5.71. The van der Waals surface area contributed by atoms with Crippen LogP contribution < -0.4 is 5.32 Å². The van der Waals surface area contributed by atoms with Gasteiger partial charge in [0.15, 0.2) is 11.7 Å². The number of halogens is 1. The van der Waals surface area contributed by atoms with Crippen LogP contribution in [0.2, 0.25) is 0 Å². The van der Waals surface area contributed by atoms with Gasteiger partial charge >= 0.3 is 0 Å². The van der Waals surface area contributed by atoms with Crippen molar-refractivity contribution in [2.45, 2.75) is 63.8 Å². The molecule has 1 saturated carbocycles. The van der Waals surface area contributed by atoms with E-state index in [1.807, 2.05) is 4.90 Å². The minimum Gasteiger partial charge on any atom is -0.441 e. The Morgan fingerprint density at radius 1 is 1.06 bits per heavy atom. The highest BCUT2D eigenvalue weighted by Gasteiger charge is 2.29. The summed E-state index contributed by atoms with van der Waals surface area (Å²) >= 11 is 0. The summed E-state index contributed by atoms with van der Waals surface area (Å²) in [4.78, 5) is 31.2. The number of carbonyl (C=O) groups excluding carboxylic acids is 2. The molecule has 0 spiro atoms. The van der Waals surface area contributed by atoms with Crippen molar-refractivity contribution >= 4 is 11.8 Å². The van der Waals surface area contributed by atoms with Gasteiger partial charge in [-0.2, -0.15) is 0 Å². The first-order valence-electron chi connectivity index (χ1n) is 11.4. The number of carbonyl (C=O) groups is 2. The Labute approximate surface area is 182 Å². The van der Waals surface area contributed by atoms with Crippen LogP contribution in [0.5, 0.6) is 0 Å². The maximum atomic E-state index is 13.0. The fourth-order valence-corrected chi connectivity index (χ4v) is 4.55. The van der Waals surface area contributed by atoms with Gasteiger partial charge in [0.25, 0.3) is 0 Å². The Morgan fingerprint density at radius 2 is 1.77 bits per heavy atom. The van der Waals surface area contributed by atoms with Crippen molar-refractivity contribution in [1.29, 1.82) is 0 Å². The monoisotopic (exact) mass is 427 g/mol. The summed E-state index contributed by atoms with van der Waals surface area (Å²) in [5, 5.41) is 3.08. The molecule has 2 amide bonds. The molecule has 2 aliphatic rings. The molecule has 0 atom stereocenters. The molecule has 2 heterocycles. The molecule has 6 nitrogen and oxygen atoms in total. The lowest BCUT2D eigenvalue weighted by Crippen LogP contribution is -2.48. The first-order valence-corrected chi connectivity index (χ1v) is 11.4. The van der Waals surface area contributed by atoms with Gasteiger partial charge in [-0.15, -0.1) is 0 Å². The molecule has 166 valence electrons. The molecule has 1 aromatic carbocycles. The molecular formula is C24H30FN3O3. The van der Waals surface area contributed by atoms with E-state index in [0.29, 0.717) is 30.4 Å². The largest absolute Gasteiger partial charge is 0.441 e. The van der Waals surface area contributed by atoms with Gasteiger partial charge in [-0.05, 0) is 49.9 Å². The third-order valence-electron chi connectivity index (χ3n) is 6.37. The van der Waals surface area contributed by atoms with Gasteiger partial charge in [-0.3, -0.25) is 9.59 Å². The number of nitrogens with zero attached hydrogens (tertiary/aromatic N) is 2. The predicted molar refractivity (Wildman–Crippen MR) is 115 cm³/mol. The molecule has 1 aromatic heterocycles. The predicted octanol–water partition coefficient (Wildman–Crippen LogP) is 4.10. The molecule has 1 saturated heterocycles. The molecule has 1 aliphatic carbocycles. The number of amides is 2. The number of hydrogen-bond donors (Lipinski definition) is 1. The van der Waals surface area contributed by atoms with E-state index in [-0.39, 0.29) is 23.7 Å². The number of likely N-dealkylation sites (tertiary alicyclic amines) is 1. The van der Waals surface area contributed by atoms with Gasteiger partial charge in [-0.25, -0.2) is 9.37 Å². The lowest BCUT2D eigenvalue weighted by atomic mass is 9.87. The van der Waals surface area contributed by atoms with E-state index in [1.165, 1.54) is 31.4 Å². The Balaban J connectivity index is 1.19. The fourth-order valence-electron chi connectivity index (χ4n) is 4.55. The molecular weight excluding hydrogens is 397 g/mol. The lowest BCUT2D eigenvalue weighted by molar-refractivity contribution is -0.137. The Hall–Kier alpha value is -2.70. The zero-order chi connectivity index (χ0) is 21.6. The maximum absolute atomic E-state index is 13.0. The number of benzene rings is 1. The van der Waals surface area contributed by atoms with E-state index in [4.69, 9.17) is 4.42 Å². The number of nitrogens with one attached hydrogen (secondary N) is 1. The third-order valence-corrected chi connectivity index (χ3v) is 6.37. The van der Waals surface area contributed by atoms with Crippen molar-refractivity contribution in [3.63, 3.8) is 0 Å². The highest BCUT2D eigenvalue weighted by Crippen LogP contribution is 2.26. The van der Waals surface area contributed by atoms with Gasteiger partial charge < -0.3 is 14.6 Å². The van der Waals surface area contributed by atoms with Crippen molar-refractivity contribution in [2.24, 2.45) is 5.92 Å². The normalized spacial score (nSPS) is 18.2. The van der Waals surface area contributed by atoms with Crippen molar-refractivity contribution in [1.82, 2.24) is 15.2 Å². The second-order valence-corrected chi connectivity index (χ2v) is 8.63. The summed E-state index contributed by atoms with van der Waals surface area (Å²) in [6.45, 7) is 1.45. The van der Waals surface area contributed by atoms with E-state index in [9.17, 15) is 14.0 Å². The minimum absolute atomic E-state index is 0.0291. The fraction of sp³-hybridized carbons (Fsp3) is 0.542. The zero-order valence-electron chi connectivity index (χ0n) is 17.8. The molecule has 0 bridgehead atoms. The van der Waals surface area contributed by atoms with Crippen LogP contribution in [0.4, 0.5) is 4.39 Å². The van der Waals surface area contributed by atoms with E-state index >= 15 is 0 Å². The van der Waals surface area contributed by atoms with Gasteiger partial charge in [0.2, 0.25) is 11.8 Å². The average molecular weight is 428 g/mol. The zero-order valence-corrected chi connectivity index (χ0v) is 17.8. The molecule has 2 fully saturated rings. The highest BCUT2D eigenvalue weighted by molar-refractivity contribution is 5.79. The molecule has 7 heteroatoms. The Morgan fingerprint density at radius 3 is 2.48 bits per heavy atom. The molecule has 0 radical (unpaired) electrons.